The van der Waals surface area contributed by atoms with Crippen molar-refractivity contribution in [3.63, 3.8) is 0 Å². The third-order valence-electron chi connectivity index (χ3n) is 7.40. The summed E-state index contributed by atoms with van der Waals surface area (Å²) in [6.07, 6.45) is 7.20. The molecule has 202 valence electrons. The smallest absolute Gasteiger partial charge is 0.245 e. The van der Waals surface area contributed by atoms with E-state index in [1.807, 2.05) is 29.2 Å². The number of nitrogens with one attached hydrogen (secondary N) is 2. The molecule has 7 nitrogen and oxygen atoms in total. The van der Waals surface area contributed by atoms with E-state index in [2.05, 4.69) is 36.2 Å². The van der Waals surface area contributed by atoms with Crippen LogP contribution in [0.4, 0.5) is 0 Å². The molecule has 8 heteroatoms. The first-order valence-corrected chi connectivity index (χ1v) is 14.6. The van der Waals surface area contributed by atoms with Crippen LogP contribution in [-0.4, -0.2) is 67.2 Å². The molecule has 2 amide bonds. The lowest BCUT2D eigenvalue weighted by Crippen LogP contribution is -2.55. The number of carbonyl (C=O) groups is 3. The quantitative estimate of drug-likeness (QED) is 0.237. The molecule has 2 N–H and O–H groups in total. The summed E-state index contributed by atoms with van der Waals surface area (Å²) in [5, 5.41) is 7.68. The van der Waals surface area contributed by atoms with E-state index in [1.54, 1.807) is 12.5 Å². The summed E-state index contributed by atoms with van der Waals surface area (Å²) in [5.74, 6) is 0.942. The Bertz CT molecular complexity index is 987. The number of hydrogen-bond acceptors (Lipinski definition) is 6. The minimum absolute atomic E-state index is 0.0343. The first-order chi connectivity index (χ1) is 17.8. The fraction of sp³-hybridized carbons (Fsp3) is 0.586. The summed E-state index contributed by atoms with van der Waals surface area (Å²) in [6, 6.07) is 7.24. The summed E-state index contributed by atoms with van der Waals surface area (Å²) in [5.41, 5.74) is 2.04. The fourth-order valence-corrected chi connectivity index (χ4v) is 6.30. The monoisotopic (exact) mass is 526 g/mol. The summed E-state index contributed by atoms with van der Waals surface area (Å²) in [4.78, 5) is 45.1. The number of likely N-dealkylation sites (N-methyl/N-ethyl adjacent to an activating group) is 1. The van der Waals surface area contributed by atoms with Crippen molar-refractivity contribution in [2.45, 2.75) is 76.8 Å². The third-order valence-corrected chi connectivity index (χ3v) is 8.37. The van der Waals surface area contributed by atoms with Crippen LogP contribution in [0.3, 0.4) is 0 Å². The van der Waals surface area contributed by atoms with Gasteiger partial charge in [-0.3, -0.25) is 19.4 Å². The molecule has 1 aliphatic carbocycles. The highest BCUT2D eigenvalue weighted by atomic mass is 32.2. The topological polar surface area (TPSA) is 90.9 Å². The summed E-state index contributed by atoms with van der Waals surface area (Å²) in [6.45, 7) is 8.71. The van der Waals surface area contributed by atoms with Crippen LogP contribution in [-0.2, 0) is 9.59 Å². The number of thioether (sulfide) groups is 1. The number of amides is 2. The number of rotatable bonds is 12. The summed E-state index contributed by atoms with van der Waals surface area (Å²) >= 11 is 1.50. The van der Waals surface area contributed by atoms with Gasteiger partial charge in [0.25, 0.3) is 0 Å². The van der Waals surface area contributed by atoms with Gasteiger partial charge in [0.1, 0.15) is 11.7 Å². The van der Waals surface area contributed by atoms with Crippen LogP contribution in [0.15, 0.2) is 40.4 Å². The number of carbonyl (C=O) groups excluding carboxylic acids is 3. The molecule has 1 aromatic carbocycles. The molecule has 1 heterocycles. The molecule has 2 atom stereocenters. The van der Waals surface area contributed by atoms with Crippen molar-refractivity contribution in [1.29, 1.82) is 0 Å². The molecule has 1 saturated carbocycles. The Morgan fingerprint density at radius 3 is 2.59 bits per heavy atom. The van der Waals surface area contributed by atoms with E-state index >= 15 is 0 Å². The van der Waals surface area contributed by atoms with Crippen LogP contribution in [0.2, 0.25) is 0 Å². The molecule has 2 unspecified atom stereocenters. The first-order valence-electron chi connectivity index (χ1n) is 13.5. The maximum Gasteiger partial charge on any atom is 0.245 e. The van der Waals surface area contributed by atoms with Gasteiger partial charge < -0.3 is 15.5 Å². The van der Waals surface area contributed by atoms with Crippen molar-refractivity contribution in [3.8, 4) is 0 Å². The van der Waals surface area contributed by atoms with Gasteiger partial charge >= 0.3 is 0 Å². The van der Waals surface area contributed by atoms with E-state index in [9.17, 15) is 14.4 Å². The molecule has 2 fully saturated rings. The lowest BCUT2D eigenvalue weighted by molar-refractivity contribution is -0.138. The zero-order valence-electron chi connectivity index (χ0n) is 22.5. The fourth-order valence-electron chi connectivity index (χ4n) is 5.30. The molecule has 1 saturated heterocycles. The average Bonchev–Trinajstić information content (AvgIpc) is 3.38. The number of Topliss-reactive ketones (excluding diaryl/α,β-unsaturated/α-hetero) is 1. The molecule has 0 radical (unpaired) electrons. The van der Waals surface area contributed by atoms with Crippen LogP contribution < -0.4 is 10.6 Å². The molecule has 0 bridgehead atoms. The van der Waals surface area contributed by atoms with Gasteiger partial charge in [0.15, 0.2) is 0 Å². The molecule has 3 rings (SSSR count). The summed E-state index contributed by atoms with van der Waals surface area (Å²) < 4.78 is 0. The van der Waals surface area contributed by atoms with Gasteiger partial charge in [0.05, 0.1) is 6.54 Å². The normalized spacial score (nSPS) is 19.6. The van der Waals surface area contributed by atoms with Gasteiger partial charge in [0, 0.05) is 29.3 Å². The van der Waals surface area contributed by atoms with E-state index in [0.717, 1.165) is 44.1 Å². The minimum Gasteiger partial charge on any atom is -0.343 e. The Morgan fingerprint density at radius 1 is 1.16 bits per heavy atom. The number of benzene rings is 1. The largest absolute Gasteiger partial charge is 0.343 e. The van der Waals surface area contributed by atoms with E-state index in [1.165, 1.54) is 18.2 Å². The molecule has 0 aromatic heterocycles. The first kappa shape index (κ1) is 29.1. The van der Waals surface area contributed by atoms with Crippen molar-refractivity contribution < 1.29 is 14.4 Å². The van der Waals surface area contributed by atoms with Crippen molar-refractivity contribution in [2.24, 2.45) is 10.9 Å². The number of hydrogen-bond donors (Lipinski definition) is 2. The van der Waals surface area contributed by atoms with Gasteiger partial charge in [-0.15, -0.1) is 11.8 Å². The molecular formula is C29H42N4O3S. The molecule has 1 aromatic rings. The third kappa shape index (κ3) is 8.01. The number of ketones is 1. The Balaban J connectivity index is 1.67. The highest BCUT2D eigenvalue weighted by Crippen LogP contribution is 2.30. The zero-order chi connectivity index (χ0) is 26.8. The Hall–Kier alpha value is -2.45. The molecular weight excluding hydrogens is 484 g/mol. The second kappa shape index (κ2) is 14.5. The standard InChI is InChI=1S/C29H42N4O3S/c1-20(2)22-12-8-13-23(16-22)28(35)25(31-4)19-37-18-24-14-9-15-33(24)29(36)27(32-26(34)17-30-3)21-10-6-5-7-11-21/h8,12-13,16,19-21,24,27,30H,4-7,9-11,14-15,17-18H2,1-3H3,(H,32,34)/b25-19-. The number of aliphatic imine (C=N–C) groups is 1. The number of likely N-dealkylation sites (tertiary alicyclic amines) is 1. The van der Waals surface area contributed by atoms with Crippen molar-refractivity contribution >= 4 is 36.1 Å². The van der Waals surface area contributed by atoms with Gasteiger partial charge in [-0.2, -0.15) is 0 Å². The molecule has 37 heavy (non-hydrogen) atoms. The highest BCUT2D eigenvalue weighted by molar-refractivity contribution is 8.02. The Morgan fingerprint density at radius 2 is 1.92 bits per heavy atom. The SMILES string of the molecule is C=N/C(=C\SCC1CCCN1C(=O)C(NC(=O)CNC)C1CCCCC1)C(=O)c1cccc(C(C)C)c1. The lowest BCUT2D eigenvalue weighted by atomic mass is 9.83. The van der Waals surface area contributed by atoms with Crippen LogP contribution >= 0.6 is 11.8 Å². The average molecular weight is 527 g/mol. The van der Waals surface area contributed by atoms with Crippen molar-refractivity contribution in [3.05, 3.63) is 46.5 Å². The summed E-state index contributed by atoms with van der Waals surface area (Å²) in [7, 11) is 1.73. The van der Waals surface area contributed by atoms with Crippen LogP contribution in [0.1, 0.15) is 80.6 Å². The van der Waals surface area contributed by atoms with Crippen LogP contribution in [0.25, 0.3) is 0 Å². The van der Waals surface area contributed by atoms with E-state index < -0.39 is 6.04 Å². The van der Waals surface area contributed by atoms with E-state index in [0.29, 0.717) is 29.5 Å². The maximum atomic E-state index is 13.7. The van der Waals surface area contributed by atoms with E-state index in [-0.39, 0.29) is 36.1 Å². The van der Waals surface area contributed by atoms with Gasteiger partial charge in [-0.05, 0) is 62.9 Å². The van der Waals surface area contributed by atoms with Crippen molar-refractivity contribution in [2.75, 3.05) is 25.9 Å². The second-order valence-corrected chi connectivity index (χ2v) is 11.3. The van der Waals surface area contributed by atoms with Gasteiger partial charge in [-0.25, -0.2) is 0 Å². The van der Waals surface area contributed by atoms with Crippen molar-refractivity contribution in [1.82, 2.24) is 15.5 Å². The highest BCUT2D eigenvalue weighted by Gasteiger charge is 2.38. The number of nitrogens with zero attached hydrogens (tertiary/aromatic N) is 2. The maximum absolute atomic E-state index is 13.7. The lowest BCUT2D eigenvalue weighted by Gasteiger charge is -2.35. The molecule has 1 aliphatic heterocycles. The minimum atomic E-state index is -0.470. The predicted octanol–water partition coefficient (Wildman–Crippen LogP) is 4.54. The van der Waals surface area contributed by atoms with Gasteiger partial charge in [-0.1, -0.05) is 51.3 Å². The second-order valence-electron chi connectivity index (χ2n) is 10.4. The Kier molecular flexibility index (Phi) is 11.4. The van der Waals surface area contributed by atoms with E-state index in [4.69, 9.17) is 0 Å². The predicted molar refractivity (Wildman–Crippen MR) is 152 cm³/mol. The van der Waals surface area contributed by atoms with Crippen LogP contribution in [0, 0.1) is 5.92 Å². The zero-order valence-corrected chi connectivity index (χ0v) is 23.3. The number of allylic oxidation sites excluding steroid dienone is 1. The van der Waals surface area contributed by atoms with Crippen LogP contribution in [0.5, 0.6) is 0 Å². The molecule has 0 spiro atoms. The van der Waals surface area contributed by atoms with Gasteiger partial charge in [0.2, 0.25) is 17.6 Å². The Labute approximate surface area is 225 Å². The molecule has 2 aliphatic rings.